The predicted molar refractivity (Wildman–Crippen MR) is 73.0 cm³/mol. The maximum atomic E-state index is 5.47. The summed E-state index contributed by atoms with van der Waals surface area (Å²) in [5, 5.41) is 6.68. The van der Waals surface area contributed by atoms with Crippen LogP contribution in [0.2, 0.25) is 0 Å². The van der Waals surface area contributed by atoms with E-state index in [0.29, 0.717) is 6.04 Å². The van der Waals surface area contributed by atoms with Crippen LogP contribution in [0.1, 0.15) is 32.5 Å². The van der Waals surface area contributed by atoms with Crippen molar-refractivity contribution in [1.29, 1.82) is 0 Å². The van der Waals surface area contributed by atoms with Crippen molar-refractivity contribution in [2.24, 2.45) is 0 Å². The molecule has 1 aliphatic heterocycles. The van der Waals surface area contributed by atoms with Gasteiger partial charge in [0.25, 0.3) is 0 Å². The lowest BCUT2D eigenvalue weighted by atomic mass is 10.1. The van der Waals surface area contributed by atoms with Crippen LogP contribution in [0, 0.1) is 0 Å². The first-order chi connectivity index (χ1) is 8.81. The molecule has 5 heteroatoms. The van der Waals surface area contributed by atoms with Crippen molar-refractivity contribution < 1.29 is 4.74 Å². The molecule has 2 rings (SSSR count). The Morgan fingerprint density at radius 3 is 2.83 bits per heavy atom. The van der Waals surface area contributed by atoms with Crippen molar-refractivity contribution in [2.45, 2.75) is 39.2 Å². The SMILES string of the molecule is CCNc1cc(NC2CCCOC2)nc(CC)n1. The van der Waals surface area contributed by atoms with E-state index in [1.54, 1.807) is 0 Å². The summed E-state index contributed by atoms with van der Waals surface area (Å²) in [4.78, 5) is 8.95. The van der Waals surface area contributed by atoms with Crippen LogP contribution in [0.4, 0.5) is 11.6 Å². The van der Waals surface area contributed by atoms with E-state index in [-0.39, 0.29) is 0 Å². The van der Waals surface area contributed by atoms with Gasteiger partial charge in [-0.3, -0.25) is 0 Å². The largest absolute Gasteiger partial charge is 0.379 e. The number of anilines is 2. The second-order valence-corrected chi connectivity index (χ2v) is 4.50. The summed E-state index contributed by atoms with van der Waals surface area (Å²) in [6.07, 6.45) is 3.10. The first-order valence-corrected chi connectivity index (χ1v) is 6.78. The molecule has 1 atom stereocenters. The first kappa shape index (κ1) is 13.1. The molecule has 0 spiro atoms. The maximum absolute atomic E-state index is 5.47. The van der Waals surface area contributed by atoms with Gasteiger partial charge in [-0.2, -0.15) is 0 Å². The lowest BCUT2D eigenvalue weighted by Crippen LogP contribution is -2.30. The number of nitrogens with one attached hydrogen (secondary N) is 2. The van der Waals surface area contributed by atoms with Crippen LogP contribution in [-0.2, 0) is 11.2 Å². The van der Waals surface area contributed by atoms with Crippen molar-refractivity contribution in [1.82, 2.24) is 9.97 Å². The van der Waals surface area contributed by atoms with Crippen LogP contribution in [0.5, 0.6) is 0 Å². The number of aromatic nitrogens is 2. The molecular weight excluding hydrogens is 228 g/mol. The molecule has 100 valence electrons. The van der Waals surface area contributed by atoms with Gasteiger partial charge in [-0.05, 0) is 19.8 Å². The molecule has 1 unspecified atom stereocenters. The number of aryl methyl sites for hydroxylation is 1. The fraction of sp³-hybridized carbons (Fsp3) is 0.692. The Balaban J connectivity index is 2.07. The number of rotatable bonds is 5. The molecule has 1 saturated heterocycles. The fourth-order valence-electron chi connectivity index (χ4n) is 2.06. The molecular formula is C13H22N4O. The number of hydrogen-bond donors (Lipinski definition) is 2. The van der Waals surface area contributed by atoms with Crippen molar-refractivity contribution in [3.05, 3.63) is 11.9 Å². The van der Waals surface area contributed by atoms with Gasteiger partial charge >= 0.3 is 0 Å². The average molecular weight is 250 g/mol. The second kappa shape index (κ2) is 6.54. The molecule has 0 saturated carbocycles. The summed E-state index contributed by atoms with van der Waals surface area (Å²) in [6.45, 7) is 6.65. The molecule has 0 radical (unpaired) electrons. The highest BCUT2D eigenvalue weighted by Gasteiger charge is 2.14. The van der Waals surface area contributed by atoms with Crippen LogP contribution >= 0.6 is 0 Å². The topological polar surface area (TPSA) is 59.1 Å². The van der Waals surface area contributed by atoms with Gasteiger partial charge in [0, 0.05) is 25.6 Å². The van der Waals surface area contributed by atoms with Gasteiger partial charge in [0.2, 0.25) is 0 Å². The van der Waals surface area contributed by atoms with Gasteiger partial charge < -0.3 is 15.4 Å². The monoisotopic (exact) mass is 250 g/mol. The third kappa shape index (κ3) is 3.57. The summed E-state index contributed by atoms with van der Waals surface area (Å²) < 4.78 is 5.47. The molecule has 1 aromatic heterocycles. The minimum atomic E-state index is 0.368. The summed E-state index contributed by atoms with van der Waals surface area (Å²) in [5.41, 5.74) is 0. The van der Waals surface area contributed by atoms with Crippen molar-refractivity contribution in [2.75, 3.05) is 30.4 Å². The van der Waals surface area contributed by atoms with E-state index < -0.39 is 0 Å². The van der Waals surface area contributed by atoms with Crippen LogP contribution in [0.3, 0.4) is 0 Å². The maximum Gasteiger partial charge on any atom is 0.132 e. The molecule has 5 nitrogen and oxygen atoms in total. The zero-order valence-corrected chi connectivity index (χ0v) is 11.2. The lowest BCUT2D eigenvalue weighted by molar-refractivity contribution is 0.0875. The van der Waals surface area contributed by atoms with Crippen LogP contribution in [0.15, 0.2) is 6.07 Å². The van der Waals surface area contributed by atoms with E-state index in [9.17, 15) is 0 Å². The van der Waals surface area contributed by atoms with Gasteiger partial charge in [0.15, 0.2) is 0 Å². The van der Waals surface area contributed by atoms with E-state index in [1.165, 1.54) is 0 Å². The van der Waals surface area contributed by atoms with Crippen LogP contribution < -0.4 is 10.6 Å². The Hall–Kier alpha value is -1.36. The smallest absolute Gasteiger partial charge is 0.132 e. The summed E-state index contributed by atoms with van der Waals surface area (Å²) in [7, 11) is 0. The predicted octanol–water partition coefficient (Wildman–Crippen LogP) is 2.06. The van der Waals surface area contributed by atoms with E-state index in [0.717, 1.165) is 56.5 Å². The third-order valence-corrected chi connectivity index (χ3v) is 2.96. The minimum Gasteiger partial charge on any atom is -0.379 e. The van der Waals surface area contributed by atoms with Crippen LogP contribution in [-0.4, -0.2) is 35.8 Å². The second-order valence-electron chi connectivity index (χ2n) is 4.50. The Kier molecular flexibility index (Phi) is 4.75. The van der Waals surface area contributed by atoms with Gasteiger partial charge in [-0.1, -0.05) is 6.92 Å². The Morgan fingerprint density at radius 2 is 2.17 bits per heavy atom. The number of ether oxygens (including phenoxy) is 1. The lowest BCUT2D eigenvalue weighted by Gasteiger charge is -2.24. The summed E-state index contributed by atoms with van der Waals surface area (Å²) in [5.74, 6) is 2.66. The van der Waals surface area contributed by atoms with Gasteiger partial charge in [-0.15, -0.1) is 0 Å². The molecule has 0 aromatic carbocycles. The Bertz CT molecular complexity index is 377. The quantitative estimate of drug-likeness (QED) is 0.837. The normalized spacial score (nSPS) is 19.6. The van der Waals surface area contributed by atoms with Gasteiger partial charge in [0.05, 0.1) is 12.6 Å². The summed E-state index contributed by atoms with van der Waals surface area (Å²) in [6, 6.07) is 2.34. The Morgan fingerprint density at radius 1 is 1.33 bits per heavy atom. The van der Waals surface area contributed by atoms with E-state index in [1.807, 2.05) is 6.07 Å². The minimum absolute atomic E-state index is 0.368. The first-order valence-electron chi connectivity index (χ1n) is 6.78. The summed E-state index contributed by atoms with van der Waals surface area (Å²) >= 11 is 0. The molecule has 0 bridgehead atoms. The number of nitrogens with zero attached hydrogens (tertiary/aromatic N) is 2. The van der Waals surface area contributed by atoms with Crippen molar-refractivity contribution in [3.8, 4) is 0 Å². The standard InChI is InChI=1S/C13H22N4O/c1-3-11-16-12(14-4-2)8-13(17-11)15-10-6-5-7-18-9-10/h8,10H,3-7,9H2,1-2H3,(H2,14,15,16,17). The highest BCUT2D eigenvalue weighted by molar-refractivity contribution is 5.48. The molecule has 0 aliphatic carbocycles. The molecule has 1 aromatic rings. The van der Waals surface area contributed by atoms with E-state index in [2.05, 4.69) is 34.4 Å². The average Bonchev–Trinajstić information content (AvgIpc) is 2.40. The third-order valence-electron chi connectivity index (χ3n) is 2.96. The molecule has 2 N–H and O–H groups in total. The molecule has 0 amide bonds. The van der Waals surface area contributed by atoms with Gasteiger partial charge in [-0.25, -0.2) is 9.97 Å². The Labute approximate surface area is 108 Å². The van der Waals surface area contributed by atoms with Crippen molar-refractivity contribution in [3.63, 3.8) is 0 Å². The number of hydrogen-bond acceptors (Lipinski definition) is 5. The molecule has 1 fully saturated rings. The van der Waals surface area contributed by atoms with Crippen LogP contribution in [0.25, 0.3) is 0 Å². The zero-order valence-electron chi connectivity index (χ0n) is 11.2. The highest BCUT2D eigenvalue weighted by atomic mass is 16.5. The molecule has 2 heterocycles. The highest BCUT2D eigenvalue weighted by Crippen LogP contribution is 2.16. The fourth-order valence-corrected chi connectivity index (χ4v) is 2.06. The molecule has 18 heavy (non-hydrogen) atoms. The van der Waals surface area contributed by atoms with E-state index in [4.69, 9.17) is 4.74 Å². The van der Waals surface area contributed by atoms with E-state index >= 15 is 0 Å². The van der Waals surface area contributed by atoms with Gasteiger partial charge in [0.1, 0.15) is 17.5 Å². The molecule has 1 aliphatic rings. The zero-order chi connectivity index (χ0) is 12.8. The van der Waals surface area contributed by atoms with Crippen molar-refractivity contribution >= 4 is 11.6 Å².